The molecule has 0 saturated carbocycles. The molecule has 0 aromatic heterocycles. The van der Waals surface area contributed by atoms with Crippen LogP contribution < -0.4 is 4.74 Å². The van der Waals surface area contributed by atoms with Gasteiger partial charge in [-0.05, 0) is 56.0 Å². The van der Waals surface area contributed by atoms with Crippen LogP contribution in [0.4, 0.5) is 4.79 Å². The van der Waals surface area contributed by atoms with Crippen molar-refractivity contribution in [3.05, 3.63) is 65.2 Å². The molecule has 0 heterocycles. The quantitative estimate of drug-likeness (QED) is 0.514. The van der Waals surface area contributed by atoms with Crippen molar-refractivity contribution in [2.75, 3.05) is 0 Å². The molecule has 2 rings (SSSR count). The Balaban J connectivity index is 2.13. The molecule has 0 aliphatic carbocycles. The molecule has 0 atom stereocenters. The van der Waals surface area contributed by atoms with Crippen LogP contribution in [0.5, 0.6) is 5.75 Å². The Morgan fingerprint density at radius 1 is 0.840 bits per heavy atom. The summed E-state index contributed by atoms with van der Waals surface area (Å²) in [4.78, 5) is 11.7. The second-order valence-electron chi connectivity index (χ2n) is 7.77. The van der Waals surface area contributed by atoms with Gasteiger partial charge >= 0.3 is 6.16 Å². The number of hydrogen-bond acceptors (Lipinski definition) is 3. The molecule has 0 unspecified atom stereocenters. The normalized spacial score (nSPS) is 11.9. The van der Waals surface area contributed by atoms with Gasteiger partial charge in [0.05, 0.1) is 0 Å². The molecule has 0 amide bonds. The van der Waals surface area contributed by atoms with E-state index in [4.69, 9.17) is 9.47 Å². The Labute approximate surface area is 151 Å². The number of hydrogen-bond donors (Lipinski definition) is 0. The molecular weight excluding hydrogens is 312 g/mol. The largest absolute Gasteiger partial charge is 0.514 e. The average Bonchev–Trinajstić information content (AvgIpc) is 2.53. The molecule has 25 heavy (non-hydrogen) atoms. The van der Waals surface area contributed by atoms with Crippen molar-refractivity contribution in [1.29, 1.82) is 0 Å². The smallest absolute Gasteiger partial charge is 0.428 e. The molecule has 0 saturated heterocycles. The Morgan fingerprint density at radius 2 is 1.32 bits per heavy atom. The standard InChI is InChI=1S/C22H28O3/c1-7-16-8-10-17(11-9-16)22(5,6)18-12-14-19(15-13-18)24-20(23)25-21(2,3)4/h8-15H,7H2,1-6H3. The molecule has 3 heteroatoms. The lowest BCUT2D eigenvalue weighted by Crippen LogP contribution is -2.26. The van der Waals surface area contributed by atoms with Gasteiger partial charge < -0.3 is 9.47 Å². The molecule has 2 aromatic rings. The van der Waals surface area contributed by atoms with E-state index < -0.39 is 11.8 Å². The van der Waals surface area contributed by atoms with Crippen LogP contribution in [0, 0.1) is 0 Å². The fraction of sp³-hybridized carbons (Fsp3) is 0.409. The SMILES string of the molecule is CCc1ccc(C(C)(C)c2ccc(OC(=O)OC(C)(C)C)cc2)cc1. The van der Waals surface area contributed by atoms with Gasteiger partial charge in [-0.25, -0.2) is 4.79 Å². The maximum absolute atomic E-state index is 11.7. The lowest BCUT2D eigenvalue weighted by molar-refractivity contribution is 0.0206. The first kappa shape index (κ1) is 19.0. The van der Waals surface area contributed by atoms with E-state index in [0.717, 1.165) is 12.0 Å². The minimum Gasteiger partial charge on any atom is -0.428 e. The third-order valence-corrected chi connectivity index (χ3v) is 4.25. The molecule has 134 valence electrons. The van der Waals surface area contributed by atoms with E-state index in [-0.39, 0.29) is 5.41 Å². The highest BCUT2D eigenvalue weighted by molar-refractivity contribution is 5.64. The molecule has 0 radical (unpaired) electrons. The Kier molecular flexibility index (Phi) is 5.56. The molecule has 0 fully saturated rings. The Bertz CT molecular complexity index is 704. The van der Waals surface area contributed by atoms with E-state index in [1.165, 1.54) is 11.1 Å². The van der Waals surface area contributed by atoms with E-state index >= 15 is 0 Å². The van der Waals surface area contributed by atoms with Gasteiger partial charge in [0.15, 0.2) is 0 Å². The highest BCUT2D eigenvalue weighted by Gasteiger charge is 2.23. The van der Waals surface area contributed by atoms with E-state index in [1.54, 1.807) is 12.1 Å². The van der Waals surface area contributed by atoms with E-state index in [0.29, 0.717) is 5.75 Å². The van der Waals surface area contributed by atoms with Crippen LogP contribution >= 0.6 is 0 Å². The van der Waals surface area contributed by atoms with Crippen LogP contribution in [-0.2, 0) is 16.6 Å². The molecule has 2 aromatic carbocycles. The number of carbonyl (C=O) groups excluding carboxylic acids is 1. The summed E-state index contributed by atoms with van der Waals surface area (Å²) in [7, 11) is 0. The zero-order chi connectivity index (χ0) is 18.7. The van der Waals surface area contributed by atoms with Crippen LogP contribution in [0.25, 0.3) is 0 Å². The first-order chi connectivity index (χ1) is 11.6. The topological polar surface area (TPSA) is 35.5 Å². The Morgan fingerprint density at radius 3 is 1.76 bits per heavy atom. The third kappa shape index (κ3) is 5.09. The summed E-state index contributed by atoms with van der Waals surface area (Å²) in [6, 6.07) is 16.3. The predicted molar refractivity (Wildman–Crippen MR) is 101 cm³/mol. The third-order valence-electron chi connectivity index (χ3n) is 4.25. The summed E-state index contributed by atoms with van der Waals surface area (Å²) in [5, 5.41) is 0. The fourth-order valence-corrected chi connectivity index (χ4v) is 2.63. The van der Waals surface area contributed by atoms with E-state index in [2.05, 4.69) is 45.0 Å². The van der Waals surface area contributed by atoms with E-state index in [9.17, 15) is 4.79 Å². The summed E-state index contributed by atoms with van der Waals surface area (Å²) in [5.41, 5.74) is 3.06. The summed E-state index contributed by atoms with van der Waals surface area (Å²) in [5.74, 6) is 0.482. The second-order valence-corrected chi connectivity index (χ2v) is 7.77. The van der Waals surface area contributed by atoms with Gasteiger partial charge in [-0.15, -0.1) is 0 Å². The average molecular weight is 340 g/mol. The summed E-state index contributed by atoms with van der Waals surface area (Å²) in [6.07, 6.45) is 0.354. The molecule has 3 nitrogen and oxygen atoms in total. The Hall–Kier alpha value is -2.29. The van der Waals surface area contributed by atoms with Crippen LogP contribution in [0.3, 0.4) is 0 Å². The molecule has 0 N–H and O–H groups in total. The summed E-state index contributed by atoms with van der Waals surface area (Å²) in [6.45, 7) is 12.0. The summed E-state index contributed by atoms with van der Waals surface area (Å²) < 4.78 is 10.4. The molecule has 0 aliphatic rings. The maximum Gasteiger partial charge on any atom is 0.514 e. The van der Waals surface area contributed by atoms with Crippen molar-refractivity contribution >= 4 is 6.16 Å². The molecule has 0 bridgehead atoms. The van der Waals surface area contributed by atoms with Gasteiger partial charge in [0.25, 0.3) is 0 Å². The van der Waals surface area contributed by atoms with E-state index in [1.807, 2.05) is 32.9 Å². The van der Waals surface area contributed by atoms with Gasteiger partial charge in [-0.2, -0.15) is 0 Å². The van der Waals surface area contributed by atoms with Gasteiger partial charge in [-0.3, -0.25) is 0 Å². The number of aryl methyl sites for hydroxylation is 1. The van der Waals surface area contributed by atoms with Gasteiger partial charge in [-0.1, -0.05) is 57.2 Å². The number of rotatable bonds is 4. The van der Waals surface area contributed by atoms with Crippen molar-refractivity contribution in [2.45, 2.75) is 59.0 Å². The zero-order valence-corrected chi connectivity index (χ0v) is 16.1. The van der Waals surface area contributed by atoms with Crippen molar-refractivity contribution in [1.82, 2.24) is 0 Å². The van der Waals surface area contributed by atoms with Crippen LogP contribution in [0.1, 0.15) is 58.2 Å². The van der Waals surface area contributed by atoms with Crippen molar-refractivity contribution in [3.8, 4) is 5.75 Å². The lowest BCUT2D eigenvalue weighted by Gasteiger charge is -2.26. The minimum atomic E-state index is -0.685. The number of ether oxygens (including phenoxy) is 2. The zero-order valence-electron chi connectivity index (χ0n) is 16.1. The van der Waals surface area contributed by atoms with Gasteiger partial charge in [0.1, 0.15) is 11.4 Å². The monoisotopic (exact) mass is 340 g/mol. The first-order valence-corrected chi connectivity index (χ1v) is 8.72. The number of benzene rings is 2. The summed E-state index contributed by atoms with van der Waals surface area (Å²) >= 11 is 0. The van der Waals surface area contributed by atoms with Crippen LogP contribution in [0.2, 0.25) is 0 Å². The minimum absolute atomic E-state index is 0.128. The molecular formula is C22H28O3. The van der Waals surface area contributed by atoms with Crippen LogP contribution in [0.15, 0.2) is 48.5 Å². The fourth-order valence-electron chi connectivity index (χ4n) is 2.63. The van der Waals surface area contributed by atoms with Crippen molar-refractivity contribution < 1.29 is 14.3 Å². The lowest BCUT2D eigenvalue weighted by atomic mass is 9.78. The van der Waals surface area contributed by atoms with Gasteiger partial charge in [0.2, 0.25) is 0 Å². The highest BCUT2D eigenvalue weighted by Crippen LogP contribution is 2.32. The molecule has 0 spiro atoms. The first-order valence-electron chi connectivity index (χ1n) is 8.72. The maximum atomic E-state index is 11.7. The van der Waals surface area contributed by atoms with Crippen molar-refractivity contribution in [2.24, 2.45) is 0 Å². The van der Waals surface area contributed by atoms with Crippen molar-refractivity contribution in [3.63, 3.8) is 0 Å². The predicted octanol–water partition coefficient (Wildman–Crippen LogP) is 5.89. The van der Waals surface area contributed by atoms with Crippen LogP contribution in [-0.4, -0.2) is 11.8 Å². The second kappa shape index (κ2) is 7.30. The van der Waals surface area contributed by atoms with Gasteiger partial charge in [0, 0.05) is 5.41 Å². The molecule has 0 aliphatic heterocycles. The highest BCUT2D eigenvalue weighted by atomic mass is 16.7. The number of carbonyl (C=O) groups is 1.